The smallest absolute Gasteiger partial charge is 0.284 e. The van der Waals surface area contributed by atoms with E-state index in [1.165, 1.54) is 23.5 Å². The summed E-state index contributed by atoms with van der Waals surface area (Å²) in [5.41, 5.74) is 0.997. The van der Waals surface area contributed by atoms with Gasteiger partial charge in [0.1, 0.15) is 5.82 Å². The molecule has 0 atom stereocenters. The summed E-state index contributed by atoms with van der Waals surface area (Å²) >= 11 is 1.30. The molecule has 1 N–H and O–H groups in total. The monoisotopic (exact) mass is 250 g/mol. The fourth-order valence-electron chi connectivity index (χ4n) is 1.31. The highest BCUT2D eigenvalue weighted by Crippen LogP contribution is 2.19. The number of benzene rings is 1. The number of anilines is 1. The van der Waals surface area contributed by atoms with Gasteiger partial charge in [-0.15, -0.1) is 11.3 Å². The predicted molar refractivity (Wildman–Crippen MR) is 65.9 cm³/mol. The van der Waals surface area contributed by atoms with Gasteiger partial charge in [-0.25, -0.2) is 9.37 Å². The van der Waals surface area contributed by atoms with Gasteiger partial charge in [-0.3, -0.25) is 4.79 Å². The van der Waals surface area contributed by atoms with Gasteiger partial charge in [0, 0.05) is 4.88 Å². The lowest BCUT2D eigenvalue weighted by Gasteiger charge is -2.03. The molecular weight excluding hydrogens is 239 g/mol. The first-order valence-electron chi connectivity index (χ1n) is 5.08. The van der Waals surface area contributed by atoms with Crippen molar-refractivity contribution in [2.75, 3.05) is 5.32 Å². The number of thiazole rings is 1. The number of rotatable bonds is 2. The first kappa shape index (κ1) is 11.7. The third-order valence-corrected chi connectivity index (χ3v) is 3.42. The number of halogens is 1. The van der Waals surface area contributed by atoms with Crippen LogP contribution in [0.1, 0.15) is 20.4 Å². The summed E-state index contributed by atoms with van der Waals surface area (Å²) in [4.78, 5) is 16.9. The Morgan fingerprint density at radius 1 is 1.35 bits per heavy atom. The zero-order chi connectivity index (χ0) is 12.4. The molecule has 1 aromatic carbocycles. The van der Waals surface area contributed by atoms with Crippen LogP contribution in [0.5, 0.6) is 0 Å². The number of amides is 1. The molecule has 1 heterocycles. The lowest BCUT2D eigenvalue weighted by Crippen LogP contribution is -2.12. The molecule has 1 aromatic heterocycles. The number of carbonyl (C=O) groups is 1. The molecule has 1 amide bonds. The summed E-state index contributed by atoms with van der Waals surface area (Å²) in [7, 11) is 0. The van der Waals surface area contributed by atoms with E-state index in [2.05, 4.69) is 10.3 Å². The van der Waals surface area contributed by atoms with E-state index in [1.54, 1.807) is 12.1 Å². The lowest BCUT2D eigenvalue weighted by atomic mass is 10.3. The Labute approximate surface area is 102 Å². The van der Waals surface area contributed by atoms with Crippen LogP contribution in [-0.2, 0) is 0 Å². The number of nitrogens with one attached hydrogen (secondary N) is 1. The molecule has 0 unspecified atom stereocenters. The van der Waals surface area contributed by atoms with E-state index >= 15 is 0 Å². The van der Waals surface area contributed by atoms with Crippen LogP contribution < -0.4 is 5.32 Å². The highest BCUT2D eigenvalue weighted by molar-refractivity contribution is 7.13. The van der Waals surface area contributed by atoms with Crippen molar-refractivity contribution in [3.8, 4) is 0 Å². The van der Waals surface area contributed by atoms with Crippen LogP contribution in [0, 0.1) is 19.7 Å². The molecule has 0 aliphatic rings. The van der Waals surface area contributed by atoms with E-state index in [4.69, 9.17) is 0 Å². The molecule has 0 spiro atoms. The standard InChI is InChI=1S/C12H11FN2OS/c1-7-8(2)17-12(14-7)11(16)15-10-6-4-3-5-9(10)13/h3-6H,1-2H3,(H,15,16). The third-order valence-electron chi connectivity index (χ3n) is 2.34. The second kappa shape index (κ2) is 4.63. The summed E-state index contributed by atoms with van der Waals surface area (Å²) in [5, 5.41) is 2.85. The van der Waals surface area contributed by atoms with Crippen LogP contribution in [0.2, 0.25) is 0 Å². The van der Waals surface area contributed by atoms with E-state index in [-0.39, 0.29) is 11.6 Å². The normalized spacial score (nSPS) is 10.3. The molecule has 5 heteroatoms. The quantitative estimate of drug-likeness (QED) is 0.889. The Morgan fingerprint density at radius 3 is 2.65 bits per heavy atom. The van der Waals surface area contributed by atoms with Gasteiger partial charge < -0.3 is 5.32 Å². The predicted octanol–water partition coefficient (Wildman–Crippen LogP) is 3.15. The molecule has 0 radical (unpaired) electrons. The maximum absolute atomic E-state index is 13.3. The first-order chi connectivity index (χ1) is 8.08. The topological polar surface area (TPSA) is 42.0 Å². The molecule has 0 fully saturated rings. The lowest BCUT2D eigenvalue weighted by molar-refractivity contribution is 0.102. The minimum absolute atomic E-state index is 0.169. The van der Waals surface area contributed by atoms with Gasteiger partial charge in [-0.2, -0.15) is 0 Å². The van der Waals surface area contributed by atoms with Crippen molar-refractivity contribution in [2.24, 2.45) is 0 Å². The van der Waals surface area contributed by atoms with Gasteiger partial charge in [0.25, 0.3) is 5.91 Å². The van der Waals surface area contributed by atoms with E-state index in [0.29, 0.717) is 5.01 Å². The van der Waals surface area contributed by atoms with Gasteiger partial charge in [-0.1, -0.05) is 12.1 Å². The number of aryl methyl sites for hydroxylation is 2. The highest BCUT2D eigenvalue weighted by atomic mass is 32.1. The zero-order valence-corrected chi connectivity index (χ0v) is 10.3. The molecule has 88 valence electrons. The van der Waals surface area contributed by atoms with E-state index in [0.717, 1.165) is 10.6 Å². The minimum Gasteiger partial charge on any atom is -0.317 e. The van der Waals surface area contributed by atoms with Crippen molar-refractivity contribution >= 4 is 22.9 Å². The van der Waals surface area contributed by atoms with Crippen molar-refractivity contribution in [3.63, 3.8) is 0 Å². The molecule has 0 saturated heterocycles. The van der Waals surface area contributed by atoms with Gasteiger partial charge in [0.2, 0.25) is 0 Å². The van der Waals surface area contributed by atoms with Gasteiger partial charge >= 0.3 is 0 Å². The summed E-state index contributed by atoms with van der Waals surface area (Å²) in [6.07, 6.45) is 0. The molecule has 2 aromatic rings. The average molecular weight is 250 g/mol. The Morgan fingerprint density at radius 2 is 2.06 bits per heavy atom. The number of nitrogens with zero attached hydrogens (tertiary/aromatic N) is 1. The molecule has 0 aliphatic carbocycles. The van der Waals surface area contributed by atoms with Crippen molar-refractivity contribution < 1.29 is 9.18 Å². The highest BCUT2D eigenvalue weighted by Gasteiger charge is 2.13. The maximum atomic E-state index is 13.3. The molecule has 0 bridgehead atoms. The van der Waals surface area contributed by atoms with Crippen molar-refractivity contribution in [3.05, 3.63) is 45.7 Å². The van der Waals surface area contributed by atoms with E-state index < -0.39 is 5.82 Å². The fraction of sp³-hybridized carbons (Fsp3) is 0.167. The Balaban J connectivity index is 2.20. The molecule has 2 rings (SSSR count). The summed E-state index contributed by atoms with van der Waals surface area (Å²) < 4.78 is 13.3. The maximum Gasteiger partial charge on any atom is 0.284 e. The van der Waals surface area contributed by atoms with Crippen molar-refractivity contribution in [2.45, 2.75) is 13.8 Å². The van der Waals surface area contributed by atoms with Crippen LogP contribution in [0.15, 0.2) is 24.3 Å². The third kappa shape index (κ3) is 2.50. The minimum atomic E-state index is -0.453. The number of aromatic nitrogens is 1. The molecule has 0 aliphatic heterocycles. The number of hydrogen-bond acceptors (Lipinski definition) is 3. The Kier molecular flexibility index (Phi) is 3.19. The van der Waals surface area contributed by atoms with Crippen LogP contribution in [0.3, 0.4) is 0 Å². The molecule has 17 heavy (non-hydrogen) atoms. The van der Waals surface area contributed by atoms with Crippen molar-refractivity contribution in [1.29, 1.82) is 0 Å². The van der Waals surface area contributed by atoms with Crippen molar-refractivity contribution in [1.82, 2.24) is 4.98 Å². The number of hydrogen-bond donors (Lipinski definition) is 1. The summed E-state index contributed by atoms with van der Waals surface area (Å²) in [6, 6.07) is 6.05. The van der Waals surface area contributed by atoms with Crippen LogP contribution in [0.25, 0.3) is 0 Å². The van der Waals surface area contributed by atoms with E-state index in [1.807, 2.05) is 13.8 Å². The number of para-hydroxylation sites is 1. The zero-order valence-electron chi connectivity index (χ0n) is 9.45. The Hall–Kier alpha value is -1.75. The van der Waals surface area contributed by atoms with E-state index in [9.17, 15) is 9.18 Å². The van der Waals surface area contributed by atoms with Crippen LogP contribution in [-0.4, -0.2) is 10.9 Å². The molecular formula is C12H11FN2OS. The largest absolute Gasteiger partial charge is 0.317 e. The second-order valence-electron chi connectivity index (χ2n) is 3.59. The average Bonchev–Trinajstić information content (AvgIpc) is 2.63. The van der Waals surface area contributed by atoms with Gasteiger partial charge in [0.05, 0.1) is 11.4 Å². The van der Waals surface area contributed by atoms with Crippen LogP contribution in [0.4, 0.5) is 10.1 Å². The fourth-order valence-corrected chi connectivity index (χ4v) is 2.12. The Bertz CT molecular complexity index is 546. The first-order valence-corrected chi connectivity index (χ1v) is 5.89. The number of carbonyl (C=O) groups excluding carboxylic acids is 1. The molecule has 0 saturated carbocycles. The van der Waals surface area contributed by atoms with Crippen LogP contribution >= 0.6 is 11.3 Å². The SMILES string of the molecule is Cc1nc(C(=O)Nc2ccccc2F)sc1C. The van der Waals surface area contributed by atoms with Gasteiger partial charge in [-0.05, 0) is 26.0 Å². The second-order valence-corrected chi connectivity index (χ2v) is 4.80. The summed E-state index contributed by atoms with van der Waals surface area (Å²) in [5.74, 6) is -0.831. The molecule has 3 nitrogen and oxygen atoms in total. The summed E-state index contributed by atoms with van der Waals surface area (Å²) in [6.45, 7) is 3.73. The van der Waals surface area contributed by atoms with Gasteiger partial charge in [0.15, 0.2) is 5.01 Å².